The van der Waals surface area contributed by atoms with Crippen LogP contribution in [0.5, 0.6) is 0 Å². The first kappa shape index (κ1) is 7.93. The Bertz CT molecular complexity index is 147. The highest BCUT2D eigenvalue weighted by atomic mass is 32.2. The molecular weight excluding hydrogens is 140 g/mol. The Labute approximate surface area is 67.4 Å². The van der Waals surface area contributed by atoms with E-state index in [0.717, 1.165) is 0 Å². The van der Waals surface area contributed by atoms with E-state index in [1.165, 1.54) is 24.2 Å². The summed E-state index contributed by atoms with van der Waals surface area (Å²) in [5, 5.41) is 0.714. The molecule has 0 aliphatic heterocycles. The van der Waals surface area contributed by atoms with E-state index in [4.69, 9.17) is 0 Å². The van der Waals surface area contributed by atoms with Crippen LogP contribution in [0.3, 0.4) is 0 Å². The maximum absolute atomic E-state index is 3.88. The number of thioether (sulfide) groups is 1. The predicted octanol–water partition coefficient (Wildman–Crippen LogP) is 3.36. The van der Waals surface area contributed by atoms with Crippen molar-refractivity contribution in [2.75, 3.05) is 0 Å². The highest BCUT2D eigenvalue weighted by Gasteiger charge is 2.07. The normalized spacial score (nSPS) is 24.7. The smallest absolute Gasteiger partial charge is 0.0271 e. The fraction of sp³-hybridized carbons (Fsp3) is 0.556. The summed E-state index contributed by atoms with van der Waals surface area (Å²) in [6.45, 7) is 5.95. The fourth-order valence-electron chi connectivity index (χ4n) is 1.14. The zero-order valence-electron chi connectivity index (χ0n) is 6.47. The first-order chi connectivity index (χ1) is 4.79. The molecular formula is C9H14S. The lowest BCUT2D eigenvalue weighted by atomic mass is 10.1. The maximum atomic E-state index is 3.88. The van der Waals surface area contributed by atoms with E-state index in [1.54, 1.807) is 0 Å². The lowest BCUT2D eigenvalue weighted by Crippen LogP contribution is -2.01. The third-order valence-electron chi connectivity index (χ3n) is 1.56. The minimum atomic E-state index is 0.714. The molecule has 0 aromatic carbocycles. The molecule has 10 heavy (non-hydrogen) atoms. The molecule has 1 unspecified atom stereocenters. The van der Waals surface area contributed by atoms with Crippen LogP contribution in [0.4, 0.5) is 0 Å². The summed E-state index contributed by atoms with van der Waals surface area (Å²) < 4.78 is 0. The largest absolute Gasteiger partial charge is 0.124 e. The number of allylic oxidation sites excluding steroid dienone is 2. The predicted molar refractivity (Wildman–Crippen MR) is 49.2 cm³/mol. The number of hydrogen-bond acceptors (Lipinski definition) is 1. The molecule has 0 amide bonds. The monoisotopic (exact) mass is 154 g/mol. The van der Waals surface area contributed by atoms with Gasteiger partial charge in [-0.1, -0.05) is 18.7 Å². The SMILES string of the molecule is C=C(C)SC1C=CCCC1. The van der Waals surface area contributed by atoms with E-state index in [2.05, 4.69) is 25.7 Å². The molecule has 0 fully saturated rings. The van der Waals surface area contributed by atoms with Gasteiger partial charge in [0.25, 0.3) is 0 Å². The Hall–Kier alpha value is -0.170. The Balaban J connectivity index is 2.33. The highest BCUT2D eigenvalue weighted by molar-refractivity contribution is 8.03. The standard InChI is InChI=1S/C9H14S/c1-8(2)10-9-6-4-3-5-7-9/h4,6,9H,1,3,5,7H2,2H3. The van der Waals surface area contributed by atoms with Crippen molar-refractivity contribution >= 4 is 11.8 Å². The highest BCUT2D eigenvalue weighted by Crippen LogP contribution is 2.27. The molecule has 0 saturated carbocycles. The van der Waals surface area contributed by atoms with E-state index in [1.807, 2.05) is 11.8 Å². The summed E-state index contributed by atoms with van der Waals surface area (Å²) in [7, 11) is 0. The average Bonchev–Trinajstić information content (AvgIpc) is 1.88. The second kappa shape index (κ2) is 3.87. The third-order valence-corrected chi connectivity index (χ3v) is 2.66. The van der Waals surface area contributed by atoms with Crippen molar-refractivity contribution in [3.63, 3.8) is 0 Å². The molecule has 1 aliphatic carbocycles. The van der Waals surface area contributed by atoms with Gasteiger partial charge in [0.2, 0.25) is 0 Å². The molecule has 0 saturated heterocycles. The van der Waals surface area contributed by atoms with Gasteiger partial charge in [-0.2, -0.15) is 0 Å². The molecule has 1 heteroatoms. The van der Waals surface area contributed by atoms with Crippen LogP contribution < -0.4 is 0 Å². The van der Waals surface area contributed by atoms with Crippen molar-refractivity contribution in [2.24, 2.45) is 0 Å². The topological polar surface area (TPSA) is 0 Å². The van der Waals surface area contributed by atoms with Gasteiger partial charge in [-0.15, -0.1) is 11.8 Å². The summed E-state index contributed by atoms with van der Waals surface area (Å²) >= 11 is 1.89. The Kier molecular flexibility index (Phi) is 3.07. The molecule has 0 bridgehead atoms. The van der Waals surface area contributed by atoms with Gasteiger partial charge in [-0.05, 0) is 31.1 Å². The Morgan fingerprint density at radius 3 is 3.00 bits per heavy atom. The second-order valence-corrected chi connectivity index (χ2v) is 4.26. The van der Waals surface area contributed by atoms with Gasteiger partial charge in [0.15, 0.2) is 0 Å². The van der Waals surface area contributed by atoms with Crippen LogP contribution in [0, 0.1) is 0 Å². The summed E-state index contributed by atoms with van der Waals surface area (Å²) in [5.41, 5.74) is 0. The molecule has 0 aromatic heterocycles. The quantitative estimate of drug-likeness (QED) is 0.549. The molecule has 0 N–H and O–H groups in total. The van der Waals surface area contributed by atoms with Gasteiger partial charge in [-0.3, -0.25) is 0 Å². The van der Waals surface area contributed by atoms with Gasteiger partial charge in [-0.25, -0.2) is 0 Å². The third kappa shape index (κ3) is 2.61. The van der Waals surface area contributed by atoms with Crippen molar-refractivity contribution in [3.8, 4) is 0 Å². The van der Waals surface area contributed by atoms with Gasteiger partial charge < -0.3 is 0 Å². The molecule has 1 aliphatic rings. The number of rotatable bonds is 2. The van der Waals surface area contributed by atoms with Crippen LogP contribution in [-0.2, 0) is 0 Å². The molecule has 1 atom stereocenters. The van der Waals surface area contributed by atoms with Gasteiger partial charge >= 0.3 is 0 Å². The number of hydrogen-bond donors (Lipinski definition) is 0. The minimum absolute atomic E-state index is 0.714. The van der Waals surface area contributed by atoms with E-state index in [-0.39, 0.29) is 0 Å². The van der Waals surface area contributed by atoms with Crippen molar-refractivity contribution in [2.45, 2.75) is 31.4 Å². The van der Waals surface area contributed by atoms with E-state index < -0.39 is 0 Å². The maximum Gasteiger partial charge on any atom is 0.0271 e. The summed E-state index contributed by atoms with van der Waals surface area (Å²) in [6, 6.07) is 0. The summed E-state index contributed by atoms with van der Waals surface area (Å²) in [4.78, 5) is 1.23. The Morgan fingerprint density at radius 2 is 2.50 bits per heavy atom. The van der Waals surface area contributed by atoms with Crippen LogP contribution >= 0.6 is 11.8 Å². The molecule has 0 aromatic rings. The summed E-state index contributed by atoms with van der Waals surface area (Å²) in [6.07, 6.45) is 8.54. The van der Waals surface area contributed by atoms with Crippen LogP contribution in [0.25, 0.3) is 0 Å². The minimum Gasteiger partial charge on any atom is -0.124 e. The van der Waals surface area contributed by atoms with Crippen molar-refractivity contribution in [3.05, 3.63) is 23.6 Å². The van der Waals surface area contributed by atoms with Crippen LogP contribution in [0.1, 0.15) is 26.2 Å². The van der Waals surface area contributed by atoms with Gasteiger partial charge in [0.1, 0.15) is 0 Å². The van der Waals surface area contributed by atoms with Crippen molar-refractivity contribution in [1.29, 1.82) is 0 Å². The second-order valence-electron chi connectivity index (χ2n) is 2.72. The molecule has 0 radical (unpaired) electrons. The summed E-state index contributed by atoms with van der Waals surface area (Å²) in [5.74, 6) is 0. The Morgan fingerprint density at radius 1 is 1.70 bits per heavy atom. The molecule has 0 heterocycles. The lowest BCUT2D eigenvalue weighted by Gasteiger charge is -2.14. The van der Waals surface area contributed by atoms with Crippen LogP contribution in [0.2, 0.25) is 0 Å². The zero-order chi connectivity index (χ0) is 7.40. The molecule has 1 rings (SSSR count). The average molecular weight is 154 g/mol. The van der Waals surface area contributed by atoms with E-state index in [9.17, 15) is 0 Å². The fourth-order valence-corrected chi connectivity index (χ4v) is 2.13. The first-order valence-corrected chi connectivity index (χ1v) is 4.66. The van der Waals surface area contributed by atoms with E-state index in [0.29, 0.717) is 5.25 Å². The van der Waals surface area contributed by atoms with Gasteiger partial charge in [0, 0.05) is 5.25 Å². The van der Waals surface area contributed by atoms with Gasteiger partial charge in [0.05, 0.1) is 0 Å². The zero-order valence-corrected chi connectivity index (χ0v) is 7.29. The lowest BCUT2D eigenvalue weighted by molar-refractivity contribution is 0.742. The molecule has 0 nitrogen and oxygen atoms in total. The van der Waals surface area contributed by atoms with Crippen molar-refractivity contribution < 1.29 is 0 Å². The van der Waals surface area contributed by atoms with E-state index >= 15 is 0 Å². The van der Waals surface area contributed by atoms with Crippen LogP contribution in [0.15, 0.2) is 23.6 Å². The first-order valence-electron chi connectivity index (χ1n) is 3.78. The van der Waals surface area contributed by atoms with Crippen LogP contribution in [-0.4, -0.2) is 5.25 Å². The molecule has 56 valence electrons. The molecule has 0 spiro atoms. The van der Waals surface area contributed by atoms with Crippen molar-refractivity contribution in [1.82, 2.24) is 0 Å².